The molecule has 1 amide bonds. The molecule has 6 nitrogen and oxygen atoms in total. The van der Waals surface area contributed by atoms with Crippen LogP contribution in [0.2, 0.25) is 0 Å². The molecule has 0 aromatic carbocycles. The van der Waals surface area contributed by atoms with Crippen molar-refractivity contribution in [2.45, 2.75) is 58.0 Å². The van der Waals surface area contributed by atoms with E-state index < -0.39 is 5.41 Å². The zero-order valence-electron chi connectivity index (χ0n) is 12.4. The fourth-order valence-electron chi connectivity index (χ4n) is 3.31. The van der Waals surface area contributed by atoms with Crippen LogP contribution >= 0.6 is 0 Å². The molecule has 2 heterocycles. The van der Waals surface area contributed by atoms with Crippen molar-refractivity contribution in [1.29, 1.82) is 0 Å². The highest BCUT2D eigenvalue weighted by molar-refractivity contribution is 6.06. The van der Waals surface area contributed by atoms with Crippen LogP contribution in [-0.4, -0.2) is 47.0 Å². The molecule has 0 saturated carbocycles. The summed E-state index contributed by atoms with van der Waals surface area (Å²) in [5.41, 5.74) is 4.76. The van der Waals surface area contributed by atoms with Gasteiger partial charge in [-0.15, -0.1) is 0 Å². The Labute approximate surface area is 120 Å². The lowest BCUT2D eigenvalue weighted by Crippen LogP contribution is -2.53. The fraction of sp³-hybridized carbons (Fsp3) is 0.857. The molecule has 6 heteroatoms. The van der Waals surface area contributed by atoms with Gasteiger partial charge < -0.3 is 16.3 Å². The molecule has 2 rings (SSSR count). The fourth-order valence-corrected chi connectivity index (χ4v) is 3.31. The summed E-state index contributed by atoms with van der Waals surface area (Å²) in [5, 5.41) is 15.0. The first-order chi connectivity index (χ1) is 9.52. The molecule has 3 unspecified atom stereocenters. The number of amidine groups is 1. The molecule has 4 N–H and O–H groups in total. The minimum atomic E-state index is -0.934. The summed E-state index contributed by atoms with van der Waals surface area (Å²) >= 11 is 0. The topological polar surface area (TPSA) is 91.0 Å². The minimum Gasteiger partial charge on any atom is -0.409 e. The number of piperidine rings is 1. The van der Waals surface area contributed by atoms with Gasteiger partial charge in [0.15, 0.2) is 5.84 Å². The molecule has 0 bridgehead atoms. The van der Waals surface area contributed by atoms with Crippen LogP contribution < -0.4 is 11.1 Å². The number of carbonyl (C=O) groups excluding carboxylic acids is 1. The van der Waals surface area contributed by atoms with Gasteiger partial charge in [0.05, 0.1) is 0 Å². The van der Waals surface area contributed by atoms with Gasteiger partial charge in [-0.1, -0.05) is 18.5 Å². The van der Waals surface area contributed by atoms with Gasteiger partial charge in [-0.2, -0.15) is 0 Å². The Morgan fingerprint density at radius 3 is 2.85 bits per heavy atom. The van der Waals surface area contributed by atoms with E-state index in [1.54, 1.807) is 6.92 Å². The molecule has 3 atom stereocenters. The van der Waals surface area contributed by atoms with E-state index in [-0.39, 0.29) is 17.8 Å². The first kappa shape index (κ1) is 15.1. The quantitative estimate of drug-likeness (QED) is 0.309. The number of oxime groups is 1. The van der Waals surface area contributed by atoms with Crippen molar-refractivity contribution in [3.05, 3.63) is 0 Å². The van der Waals surface area contributed by atoms with Crippen molar-refractivity contribution < 1.29 is 10.0 Å². The molecule has 0 aromatic heterocycles. The highest BCUT2D eigenvalue weighted by atomic mass is 16.4. The summed E-state index contributed by atoms with van der Waals surface area (Å²) in [7, 11) is 0. The first-order valence-electron chi connectivity index (χ1n) is 7.56. The predicted molar refractivity (Wildman–Crippen MR) is 77.6 cm³/mol. The molecule has 0 spiro atoms. The number of hydrogen-bond donors (Lipinski definition) is 3. The number of nitrogens with zero attached hydrogens (tertiary/aromatic N) is 2. The Hall–Kier alpha value is -1.30. The Kier molecular flexibility index (Phi) is 4.52. The molecule has 2 fully saturated rings. The number of amides is 1. The Balaban J connectivity index is 2.04. The maximum Gasteiger partial charge on any atom is 0.233 e. The normalized spacial score (nSPS) is 30.6. The van der Waals surface area contributed by atoms with Crippen LogP contribution in [0.25, 0.3) is 0 Å². The van der Waals surface area contributed by atoms with E-state index in [1.165, 1.54) is 12.8 Å². The third kappa shape index (κ3) is 2.61. The molecule has 0 aromatic rings. The van der Waals surface area contributed by atoms with Gasteiger partial charge in [-0.3, -0.25) is 9.69 Å². The van der Waals surface area contributed by atoms with E-state index in [1.807, 2.05) is 6.92 Å². The van der Waals surface area contributed by atoms with Crippen molar-refractivity contribution >= 4 is 11.7 Å². The van der Waals surface area contributed by atoms with Crippen molar-refractivity contribution in [3.8, 4) is 0 Å². The minimum absolute atomic E-state index is 0.0176. The monoisotopic (exact) mass is 282 g/mol. The second-order valence-electron chi connectivity index (χ2n) is 6.14. The predicted octanol–water partition coefficient (Wildman–Crippen LogP) is 0.892. The SMILES string of the molecule is CCC(C)(C(=O)NC1CCN2CCCCC12)C(N)=NO. The second-order valence-corrected chi connectivity index (χ2v) is 6.14. The van der Waals surface area contributed by atoms with Crippen molar-refractivity contribution in [2.24, 2.45) is 16.3 Å². The van der Waals surface area contributed by atoms with E-state index in [0.29, 0.717) is 12.5 Å². The van der Waals surface area contributed by atoms with Crippen LogP contribution in [0.4, 0.5) is 0 Å². The second kappa shape index (κ2) is 5.99. The van der Waals surface area contributed by atoms with Crippen LogP contribution in [-0.2, 0) is 4.79 Å². The number of nitrogens with one attached hydrogen (secondary N) is 1. The summed E-state index contributed by atoms with van der Waals surface area (Å²) in [6, 6.07) is 0.654. The Bertz CT molecular complexity index is 399. The largest absolute Gasteiger partial charge is 0.409 e. The Morgan fingerprint density at radius 2 is 2.20 bits per heavy atom. The standard InChI is InChI=1S/C14H26N4O2/c1-3-14(2,12(15)17-20)13(19)16-10-7-9-18-8-5-4-6-11(10)18/h10-11,20H,3-9H2,1-2H3,(H2,15,17)(H,16,19). The molecule has 114 valence electrons. The van der Waals surface area contributed by atoms with Crippen LogP contribution in [0.15, 0.2) is 5.16 Å². The van der Waals surface area contributed by atoms with Gasteiger partial charge >= 0.3 is 0 Å². The van der Waals surface area contributed by atoms with E-state index in [2.05, 4.69) is 15.4 Å². The van der Waals surface area contributed by atoms with Crippen molar-refractivity contribution in [2.75, 3.05) is 13.1 Å². The average molecular weight is 282 g/mol. The number of nitrogens with two attached hydrogens (primary N) is 1. The van der Waals surface area contributed by atoms with Gasteiger partial charge in [0.1, 0.15) is 5.41 Å². The number of fused-ring (bicyclic) bond motifs is 1. The van der Waals surface area contributed by atoms with Gasteiger partial charge in [-0.05, 0) is 39.2 Å². The molecule has 2 saturated heterocycles. The maximum absolute atomic E-state index is 12.5. The van der Waals surface area contributed by atoms with Gasteiger partial charge in [0, 0.05) is 18.6 Å². The third-order valence-electron chi connectivity index (χ3n) is 5.05. The number of rotatable bonds is 4. The van der Waals surface area contributed by atoms with Gasteiger partial charge in [0.25, 0.3) is 0 Å². The van der Waals surface area contributed by atoms with E-state index >= 15 is 0 Å². The highest BCUT2D eigenvalue weighted by Gasteiger charge is 2.41. The van der Waals surface area contributed by atoms with Crippen molar-refractivity contribution in [1.82, 2.24) is 10.2 Å². The van der Waals surface area contributed by atoms with Gasteiger partial charge in [0.2, 0.25) is 5.91 Å². The molecule has 20 heavy (non-hydrogen) atoms. The summed E-state index contributed by atoms with van der Waals surface area (Å²) in [4.78, 5) is 15.0. The maximum atomic E-state index is 12.5. The van der Waals surface area contributed by atoms with Crippen LogP contribution in [0.5, 0.6) is 0 Å². The van der Waals surface area contributed by atoms with Gasteiger partial charge in [-0.25, -0.2) is 0 Å². The van der Waals surface area contributed by atoms with Crippen LogP contribution in [0.3, 0.4) is 0 Å². The molecular weight excluding hydrogens is 256 g/mol. The van der Waals surface area contributed by atoms with Crippen molar-refractivity contribution in [3.63, 3.8) is 0 Å². The van der Waals surface area contributed by atoms with Crippen LogP contribution in [0.1, 0.15) is 46.0 Å². The van der Waals surface area contributed by atoms with E-state index in [4.69, 9.17) is 10.9 Å². The average Bonchev–Trinajstić information content (AvgIpc) is 2.88. The smallest absolute Gasteiger partial charge is 0.233 e. The zero-order chi connectivity index (χ0) is 14.8. The van der Waals surface area contributed by atoms with E-state index in [0.717, 1.165) is 25.9 Å². The lowest BCUT2D eigenvalue weighted by atomic mass is 9.84. The summed E-state index contributed by atoms with van der Waals surface area (Å²) in [5.74, 6) is -0.149. The number of carbonyl (C=O) groups is 1. The Morgan fingerprint density at radius 1 is 1.45 bits per heavy atom. The summed E-state index contributed by atoms with van der Waals surface area (Å²) in [6.45, 7) is 5.80. The molecule has 0 radical (unpaired) electrons. The summed E-state index contributed by atoms with van der Waals surface area (Å²) in [6.07, 6.45) is 5.15. The van der Waals surface area contributed by atoms with Crippen LogP contribution in [0, 0.1) is 5.41 Å². The first-order valence-corrected chi connectivity index (χ1v) is 7.56. The summed E-state index contributed by atoms with van der Waals surface area (Å²) < 4.78 is 0. The lowest BCUT2D eigenvalue weighted by Gasteiger charge is -2.34. The van der Waals surface area contributed by atoms with E-state index in [9.17, 15) is 4.79 Å². The number of hydrogen-bond acceptors (Lipinski definition) is 4. The third-order valence-corrected chi connectivity index (χ3v) is 5.05. The molecule has 0 aliphatic carbocycles. The molecule has 2 aliphatic rings. The lowest BCUT2D eigenvalue weighted by molar-refractivity contribution is -0.128. The zero-order valence-corrected chi connectivity index (χ0v) is 12.4. The molecule has 2 aliphatic heterocycles. The molecular formula is C14H26N4O2. The highest BCUT2D eigenvalue weighted by Crippen LogP contribution is 2.29.